The van der Waals surface area contributed by atoms with Crippen molar-refractivity contribution in [2.45, 2.75) is 38.3 Å². The molecule has 1 saturated carbocycles. The molecule has 4 heterocycles. The van der Waals surface area contributed by atoms with E-state index in [4.69, 9.17) is 4.74 Å². The molecule has 1 aliphatic carbocycles. The molecule has 10 heteroatoms. The predicted octanol–water partition coefficient (Wildman–Crippen LogP) is 2.89. The number of anilines is 1. The Labute approximate surface area is 177 Å². The third-order valence-corrected chi connectivity index (χ3v) is 5.67. The van der Waals surface area contributed by atoms with Gasteiger partial charge in [0.05, 0.1) is 18.7 Å². The number of halogens is 1. The lowest BCUT2D eigenvalue weighted by atomic mass is 9.74. The topological polar surface area (TPSA) is 109 Å². The number of imidazole rings is 1. The summed E-state index contributed by atoms with van der Waals surface area (Å²) in [5, 5.41) is 7.00. The van der Waals surface area contributed by atoms with Crippen molar-refractivity contribution in [3.8, 4) is 17.0 Å². The monoisotopic (exact) mass is 423 g/mol. The van der Waals surface area contributed by atoms with Gasteiger partial charge in [-0.15, -0.1) is 0 Å². The van der Waals surface area contributed by atoms with Crippen LogP contribution in [0.15, 0.2) is 30.7 Å². The average molecular weight is 423 g/mol. The van der Waals surface area contributed by atoms with Crippen LogP contribution in [0.1, 0.15) is 26.7 Å². The van der Waals surface area contributed by atoms with Crippen LogP contribution < -0.4 is 15.4 Å². The van der Waals surface area contributed by atoms with Gasteiger partial charge in [0.1, 0.15) is 11.3 Å². The van der Waals surface area contributed by atoms with E-state index in [9.17, 15) is 9.18 Å². The van der Waals surface area contributed by atoms with Gasteiger partial charge in [0.25, 0.3) is 0 Å². The minimum absolute atomic E-state index is 0.0343. The first-order valence-corrected chi connectivity index (χ1v) is 9.96. The van der Waals surface area contributed by atoms with E-state index in [0.717, 1.165) is 24.0 Å². The maximum atomic E-state index is 14.0. The quantitative estimate of drug-likeness (QED) is 0.455. The van der Waals surface area contributed by atoms with E-state index in [-0.39, 0.29) is 17.5 Å². The maximum Gasteiger partial charge on any atom is 0.228 e. The second-order valence-corrected chi connectivity index (χ2v) is 8.20. The zero-order valence-corrected chi connectivity index (χ0v) is 17.4. The molecule has 5 rings (SSSR count). The highest BCUT2D eigenvalue weighted by Gasteiger charge is 2.41. The maximum absolute atomic E-state index is 14.0. The van der Waals surface area contributed by atoms with Gasteiger partial charge in [0.2, 0.25) is 23.7 Å². The molecule has 0 aliphatic heterocycles. The van der Waals surface area contributed by atoms with Crippen LogP contribution in [0.4, 0.5) is 10.3 Å². The number of carbonyl (C=O) groups excluding carboxylic acids is 1. The van der Waals surface area contributed by atoms with E-state index in [1.165, 1.54) is 17.5 Å². The first-order chi connectivity index (χ1) is 14.8. The molecular weight excluding hydrogens is 401 g/mol. The minimum Gasteiger partial charge on any atom is -0.480 e. The summed E-state index contributed by atoms with van der Waals surface area (Å²) < 4.78 is 20.9. The Balaban J connectivity index is 1.45. The molecule has 0 aromatic carbocycles. The van der Waals surface area contributed by atoms with Gasteiger partial charge in [-0.25, -0.2) is 4.98 Å². The average Bonchev–Trinajstić information content (AvgIpc) is 3.29. The summed E-state index contributed by atoms with van der Waals surface area (Å²) in [7, 11) is 1.55. The summed E-state index contributed by atoms with van der Waals surface area (Å²) in [6.07, 6.45) is 6.24. The number of nitrogens with one attached hydrogen (secondary N) is 3. The fraction of sp³-hybridized carbons (Fsp3) is 0.333. The summed E-state index contributed by atoms with van der Waals surface area (Å²) in [4.78, 5) is 27.6. The summed E-state index contributed by atoms with van der Waals surface area (Å²) in [5.74, 6) is 0.397. The number of carbonyl (C=O) groups is 1. The second kappa shape index (κ2) is 6.93. The molecule has 4 aromatic heterocycles. The molecular formula is C21H22FN7O2. The van der Waals surface area contributed by atoms with Crippen LogP contribution >= 0.6 is 0 Å². The fourth-order valence-corrected chi connectivity index (χ4v) is 4.39. The molecule has 9 nitrogen and oxygen atoms in total. The Morgan fingerprint density at radius 2 is 2.16 bits per heavy atom. The Bertz CT molecular complexity index is 1310. The molecule has 1 amide bonds. The van der Waals surface area contributed by atoms with E-state index in [2.05, 4.69) is 30.6 Å². The molecule has 1 fully saturated rings. The van der Waals surface area contributed by atoms with Crippen molar-refractivity contribution in [1.82, 2.24) is 29.7 Å². The zero-order chi connectivity index (χ0) is 21.8. The first kappa shape index (κ1) is 19.3. The van der Waals surface area contributed by atoms with Gasteiger partial charge in [0.15, 0.2) is 0 Å². The number of nitrogens with zero attached hydrogens (tertiary/aromatic N) is 4. The standard InChI is InChI=1S/C21H22FN7O2/c1-11(30)28-21(2)6-13(7-21)25-20-26-18-17(19(27-20)31-3)14(8-24-18)12-4-5-16-23-9-15(22)29(16)10-12/h4-5,8-10,13H,6-7H2,1-3H3,(H,28,30)(H2,24,25,26,27)/t13-,21+. The van der Waals surface area contributed by atoms with E-state index in [1.54, 1.807) is 25.6 Å². The van der Waals surface area contributed by atoms with Crippen molar-refractivity contribution < 1.29 is 13.9 Å². The Morgan fingerprint density at radius 3 is 2.90 bits per heavy atom. The molecule has 3 N–H and O–H groups in total. The number of ether oxygens (including phenoxy) is 1. The number of aromatic amines is 1. The van der Waals surface area contributed by atoms with Gasteiger partial charge >= 0.3 is 0 Å². The SMILES string of the molecule is COc1nc(N[C@H]2C[C@@](C)(NC(C)=O)C2)nc2[nH]cc(-c3ccc4ncc(F)n4c3)c12. The highest BCUT2D eigenvalue weighted by molar-refractivity contribution is 5.97. The van der Waals surface area contributed by atoms with Crippen molar-refractivity contribution in [2.75, 3.05) is 12.4 Å². The van der Waals surface area contributed by atoms with Crippen molar-refractivity contribution in [3.05, 3.63) is 36.7 Å². The number of fused-ring (bicyclic) bond motifs is 2. The number of rotatable bonds is 5. The summed E-state index contributed by atoms with van der Waals surface area (Å²) in [6.45, 7) is 3.55. The zero-order valence-electron chi connectivity index (χ0n) is 17.4. The lowest BCUT2D eigenvalue weighted by Crippen LogP contribution is -2.59. The van der Waals surface area contributed by atoms with Gasteiger partial charge < -0.3 is 20.4 Å². The minimum atomic E-state index is -0.432. The molecule has 31 heavy (non-hydrogen) atoms. The van der Waals surface area contributed by atoms with Crippen molar-refractivity contribution in [1.29, 1.82) is 0 Å². The van der Waals surface area contributed by atoms with Gasteiger partial charge in [-0.05, 0) is 31.9 Å². The van der Waals surface area contributed by atoms with Crippen molar-refractivity contribution >= 4 is 28.5 Å². The van der Waals surface area contributed by atoms with Gasteiger partial charge in [-0.1, -0.05) is 0 Å². The van der Waals surface area contributed by atoms with E-state index >= 15 is 0 Å². The molecule has 0 bridgehead atoms. The van der Waals surface area contributed by atoms with Crippen LogP contribution in [0.5, 0.6) is 5.88 Å². The molecule has 0 radical (unpaired) electrons. The summed E-state index contributed by atoms with van der Waals surface area (Å²) in [5.41, 5.74) is 2.51. The molecule has 0 spiro atoms. The number of amides is 1. The number of methoxy groups -OCH3 is 1. The van der Waals surface area contributed by atoms with Crippen LogP contribution in [-0.2, 0) is 4.79 Å². The van der Waals surface area contributed by atoms with E-state index < -0.39 is 5.95 Å². The van der Waals surface area contributed by atoms with Gasteiger partial charge in [-0.2, -0.15) is 14.4 Å². The number of H-pyrrole nitrogens is 1. The molecule has 0 unspecified atom stereocenters. The lowest BCUT2D eigenvalue weighted by Gasteiger charge is -2.45. The number of aromatic nitrogens is 5. The number of pyridine rings is 1. The third kappa shape index (κ3) is 3.33. The van der Waals surface area contributed by atoms with Crippen LogP contribution in [-0.4, -0.2) is 48.9 Å². The smallest absolute Gasteiger partial charge is 0.228 e. The molecule has 0 saturated heterocycles. The van der Waals surface area contributed by atoms with Crippen molar-refractivity contribution in [2.24, 2.45) is 0 Å². The molecule has 4 aromatic rings. The van der Waals surface area contributed by atoms with Crippen LogP contribution in [0, 0.1) is 5.95 Å². The van der Waals surface area contributed by atoms with E-state index in [0.29, 0.717) is 28.5 Å². The Morgan fingerprint density at radius 1 is 1.35 bits per heavy atom. The lowest BCUT2D eigenvalue weighted by molar-refractivity contribution is -0.121. The Hall–Kier alpha value is -3.69. The summed E-state index contributed by atoms with van der Waals surface area (Å²) in [6, 6.07) is 3.77. The second-order valence-electron chi connectivity index (χ2n) is 8.20. The van der Waals surface area contributed by atoms with Gasteiger partial charge in [0, 0.05) is 42.0 Å². The predicted molar refractivity (Wildman–Crippen MR) is 113 cm³/mol. The summed E-state index contributed by atoms with van der Waals surface area (Å²) >= 11 is 0. The largest absolute Gasteiger partial charge is 0.480 e. The fourth-order valence-electron chi connectivity index (χ4n) is 4.39. The number of hydrogen-bond donors (Lipinski definition) is 3. The molecule has 0 atom stereocenters. The number of hydrogen-bond acceptors (Lipinski definition) is 6. The third-order valence-electron chi connectivity index (χ3n) is 5.67. The molecule has 1 aliphatic rings. The van der Waals surface area contributed by atoms with Crippen molar-refractivity contribution in [3.63, 3.8) is 0 Å². The normalized spacial score (nSPS) is 20.6. The van der Waals surface area contributed by atoms with Crippen LogP contribution in [0.3, 0.4) is 0 Å². The molecule has 160 valence electrons. The van der Waals surface area contributed by atoms with Crippen LogP contribution in [0.25, 0.3) is 27.8 Å². The Kier molecular flexibility index (Phi) is 4.31. The van der Waals surface area contributed by atoms with Crippen LogP contribution in [0.2, 0.25) is 0 Å². The first-order valence-electron chi connectivity index (χ1n) is 9.96. The van der Waals surface area contributed by atoms with E-state index in [1.807, 2.05) is 13.0 Å². The highest BCUT2D eigenvalue weighted by Crippen LogP contribution is 2.37. The highest BCUT2D eigenvalue weighted by atomic mass is 19.1. The van der Waals surface area contributed by atoms with Gasteiger partial charge in [-0.3, -0.25) is 9.20 Å².